The van der Waals surface area contributed by atoms with Crippen LogP contribution in [0.25, 0.3) is 0 Å². The molecule has 0 spiro atoms. The minimum atomic E-state index is -1.28. The summed E-state index contributed by atoms with van der Waals surface area (Å²) >= 11 is 0. The number of benzene rings is 2. The number of phenolic OH excluding ortho intramolecular Hbond substituents is 2. The third-order valence-electron chi connectivity index (χ3n) is 7.34. The Kier molecular flexibility index (Phi) is 8.52. The molecule has 2 rings (SSSR count). The number of rotatable bonds is 5. The molecule has 0 fully saturated rings. The second-order valence-electron chi connectivity index (χ2n) is 14.8. The highest BCUT2D eigenvalue weighted by molar-refractivity contribution is 5.88. The number of aliphatic hydroxyl groups excluding tert-OH is 1. The van der Waals surface area contributed by atoms with Crippen molar-refractivity contribution in [1.82, 2.24) is 0 Å². The van der Waals surface area contributed by atoms with Crippen LogP contribution >= 0.6 is 0 Å². The van der Waals surface area contributed by atoms with Gasteiger partial charge in [0.2, 0.25) is 0 Å². The van der Waals surface area contributed by atoms with Crippen LogP contribution < -0.4 is 0 Å². The molecule has 5 heteroatoms. The van der Waals surface area contributed by atoms with Crippen molar-refractivity contribution in [2.24, 2.45) is 0 Å². The van der Waals surface area contributed by atoms with Crippen molar-refractivity contribution in [3.05, 3.63) is 57.6 Å². The van der Waals surface area contributed by atoms with E-state index in [-0.39, 0.29) is 24.7 Å². The number of hydrogen-bond acceptors (Lipinski definition) is 5. The van der Waals surface area contributed by atoms with Gasteiger partial charge in [0.05, 0.1) is 6.61 Å². The zero-order valence-corrected chi connectivity index (χ0v) is 25.9. The highest BCUT2D eigenvalue weighted by atomic mass is 16.5. The first-order valence-corrected chi connectivity index (χ1v) is 13.5. The Bertz CT molecular complexity index is 1030. The van der Waals surface area contributed by atoms with Crippen molar-refractivity contribution in [3.8, 4) is 11.5 Å². The maximum absolute atomic E-state index is 14.0. The Morgan fingerprint density at radius 1 is 0.605 bits per heavy atom. The molecule has 38 heavy (non-hydrogen) atoms. The average Bonchev–Trinajstić information content (AvgIpc) is 2.73. The van der Waals surface area contributed by atoms with E-state index in [1.807, 2.05) is 114 Å². The first kappa shape index (κ1) is 31.7. The SMILES string of the molecule is CC(C)(C)c1cc(C(C)(C(=O)OCCO)c2cc(C(C)(C)C)c(O)c(C(C)(C)C)c2)cc(C(C)(C)C)c1O. The minimum absolute atomic E-state index is 0.124. The maximum Gasteiger partial charge on any atom is 0.320 e. The zero-order valence-electron chi connectivity index (χ0n) is 25.9. The fourth-order valence-electron chi connectivity index (χ4n) is 4.82. The van der Waals surface area contributed by atoms with Crippen LogP contribution in [-0.2, 0) is 36.6 Å². The molecule has 2 aromatic carbocycles. The molecule has 5 nitrogen and oxygen atoms in total. The number of carbonyl (C=O) groups is 1. The Morgan fingerprint density at radius 3 is 1.08 bits per heavy atom. The summed E-state index contributed by atoms with van der Waals surface area (Å²) in [6.45, 7) is 25.9. The van der Waals surface area contributed by atoms with Gasteiger partial charge in [-0.25, -0.2) is 0 Å². The lowest BCUT2D eigenvalue weighted by Crippen LogP contribution is -2.38. The van der Waals surface area contributed by atoms with E-state index < -0.39 is 33.0 Å². The maximum atomic E-state index is 14.0. The lowest BCUT2D eigenvalue weighted by atomic mass is 9.68. The van der Waals surface area contributed by atoms with Gasteiger partial charge in [-0.1, -0.05) is 107 Å². The number of aliphatic hydroxyl groups is 1. The number of phenols is 2. The monoisotopic (exact) mass is 526 g/mol. The fraction of sp³-hybridized carbons (Fsp3) is 0.606. The average molecular weight is 527 g/mol. The van der Waals surface area contributed by atoms with E-state index in [1.165, 1.54) is 0 Å². The molecular weight excluding hydrogens is 476 g/mol. The Morgan fingerprint density at radius 2 is 0.868 bits per heavy atom. The van der Waals surface area contributed by atoms with Gasteiger partial charge in [0.1, 0.15) is 23.5 Å². The molecule has 0 unspecified atom stereocenters. The third kappa shape index (κ3) is 6.20. The van der Waals surface area contributed by atoms with Gasteiger partial charge >= 0.3 is 5.97 Å². The molecule has 0 aliphatic rings. The topological polar surface area (TPSA) is 87.0 Å². The lowest BCUT2D eigenvalue weighted by Gasteiger charge is -2.36. The van der Waals surface area contributed by atoms with Crippen LogP contribution in [0.1, 0.15) is 123 Å². The van der Waals surface area contributed by atoms with Crippen molar-refractivity contribution < 1.29 is 24.9 Å². The molecule has 0 saturated heterocycles. The van der Waals surface area contributed by atoms with Gasteiger partial charge < -0.3 is 20.1 Å². The van der Waals surface area contributed by atoms with Gasteiger partial charge in [-0.05, 0) is 62.0 Å². The quantitative estimate of drug-likeness (QED) is 0.361. The van der Waals surface area contributed by atoms with Gasteiger partial charge in [0.15, 0.2) is 0 Å². The molecule has 0 atom stereocenters. The number of ether oxygens (including phenoxy) is 1. The first-order valence-electron chi connectivity index (χ1n) is 13.5. The second kappa shape index (κ2) is 10.2. The fourth-order valence-corrected chi connectivity index (χ4v) is 4.82. The summed E-state index contributed by atoms with van der Waals surface area (Å²) in [7, 11) is 0. The number of esters is 1. The van der Waals surface area contributed by atoms with Gasteiger partial charge in [-0.2, -0.15) is 0 Å². The van der Waals surface area contributed by atoms with E-state index in [9.17, 15) is 20.1 Å². The van der Waals surface area contributed by atoms with E-state index in [2.05, 4.69) is 0 Å². The highest BCUT2D eigenvalue weighted by Crippen LogP contribution is 2.47. The summed E-state index contributed by atoms with van der Waals surface area (Å²) in [5.74, 6) is -0.0325. The van der Waals surface area contributed by atoms with Crippen LogP contribution in [0.5, 0.6) is 11.5 Å². The molecule has 0 heterocycles. The van der Waals surface area contributed by atoms with Crippen LogP contribution in [0.3, 0.4) is 0 Å². The van der Waals surface area contributed by atoms with E-state index in [0.29, 0.717) is 11.1 Å². The van der Waals surface area contributed by atoms with Crippen LogP contribution in [0.4, 0.5) is 0 Å². The number of hydrogen-bond donors (Lipinski definition) is 3. The predicted octanol–water partition coefficient (Wildman–Crippen LogP) is 7.13. The first-order chi connectivity index (χ1) is 17.0. The molecule has 0 radical (unpaired) electrons. The van der Waals surface area contributed by atoms with Crippen molar-refractivity contribution in [2.75, 3.05) is 13.2 Å². The van der Waals surface area contributed by atoms with Crippen LogP contribution in [0.2, 0.25) is 0 Å². The normalized spacial score (nSPS) is 13.5. The Labute approximate surface area is 230 Å². The standard InChI is InChI=1S/C33H50O5/c1-29(2,3)22-16-20(17-23(26(22)35)30(4,5)6)33(13,28(37)38-15-14-34)21-18-24(31(7,8)9)27(36)25(19-21)32(10,11)12/h16-19,34-36H,14-15H2,1-13H3. The molecular formula is C33H50O5. The summed E-state index contributed by atoms with van der Waals surface area (Å²) in [5, 5.41) is 32.2. The highest BCUT2D eigenvalue weighted by Gasteiger charge is 2.43. The molecule has 2 aromatic rings. The predicted molar refractivity (Wildman–Crippen MR) is 156 cm³/mol. The van der Waals surface area contributed by atoms with Gasteiger partial charge in [-0.3, -0.25) is 4.79 Å². The minimum Gasteiger partial charge on any atom is -0.507 e. The number of aromatic hydroxyl groups is 2. The van der Waals surface area contributed by atoms with Crippen LogP contribution in [-0.4, -0.2) is 34.5 Å². The third-order valence-corrected chi connectivity index (χ3v) is 7.34. The Balaban J connectivity index is 3.15. The molecule has 212 valence electrons. The molecule has 0 aliphatic heterocycles. The van der Waals surface area contributed by atoms with Crippen molar-refractivity contribution in [1.29, 1.82) is 0 Å². The van der Waals surface area contributed by atoms with E-state index in [4.69, 9.17) is 4.74 Å². The largest absolute Gasteiger partial charge is 0.507 e. The van der Waals surface area contributed by atoms with Crippen LogP contribution in [0, 0.1) is 0 Å². The van der Waals surface area contributed by atoms with Crippen molar-refractivity contribution in [2.45, 2.75) is 117 Å². The lowest BCUT2D eigenvalue weighted by molar-refractivity contribution is -0.149. The second-order valence-corrected chi connectivity index (χ2v) is 14.8. The van der Waals surface area contributed by atoms with Gasteiger partial charge in [0, 0.05) is 0 Å². The van der Waals surface area contributed by atoms with E-state index in [1.54, 1.807) is 0 Å². The zero-order chi connectivity index (χ0) is 29.6. The summed E-state index contributed by atoms with van der Waals surface area (Å²) in [6, 6.07) is 7.63. The van der Waals surface area contributed by atoms with Crippen LogP contribution in [0.15, 0.2) is 24.3 Å². The molecule has 3 N–H and O–H groups in total. The molecule has 0 saturated carbocycles. The van der Waals surface area contributed by atoms with E-state index in [0.717, 1.165) is 22.3 Å². The summed E-state index contributed by atoms with van der Waals surface area (Å²) in [5.41, 5.74) is 1.51. The molecule has 0 aromatic heterocycles. The van der Waals surface area contributed by atoms with Gasteiger partial charge in [0.25, 0.3) is 0 Å². The van der Waals surface area contributed by atoms with E-state index >= 15 is 0 Å². The summed E-state index contributed by atoms with van der Waals surface area (Å²) in [6.07, 6.45) is 0. The Hall–Kier alpha value is -2.53. The summed E-state index contributed by atoms with van der Waals surface area (Å²) < 4.78 is 5.61. The number of carbonyl (C=O) groups excluding carboxylic acids is 1. The summed E-state index contributed by atoms with van der Waals surface area (Å²) in [4.78, 5) is 14.0. The molecule has 0 bridgehead atoms. The molecule has 0 amide bonds. The van der Waals surface area contributed by atoms with Crippen molar-refractivity contribution >= 4 is 5.97 Å². The molecule has 0 aliphatic carbocycles. The van der Waals surface area contributed by atoms with Crippen molar-refractivity contribution in [3.63, 3.8) is 0 Å². The van der Waals surface area contributed by atoms with Gasteiger partial charge in [-0.15, -0.1) is 0 Å². The smallest absolute Gasteiger partial charge is 0.320 e.